The summed E-state index contributed by atoms with van der Waals surface area (Å²) in [5, 5.41) is 9.04. The molecule has 0 bridgehead atoms. The van der Waals surface area contributed by atoms with Crippen LogP contribution in [0.2, 0.25) is 0 Å². The Bertz CT molecular complexity index is 790. The number of ether oxygens (including phenoxy) is 1. The highest BCUT2D eigenvalue weighted by Gasteiger charge is 2.30. The number of amides is 1. The Morgan fingerprint density at radius 2 is 2.17 bits per heavy atom. The van der Waals surface area contributed by atoms with E-state index in [1.807, 2.05) is 36.6 Å². The summed E-state index contributed by atoms with van der Waals surface area (Å²) in [6.45, 7) is 1.09. The van der Waals surface area contributed by atoms with E-state index in [-0.39, 0.29) is 23.6 Å². The van der Waals surface area contributed by atoms with Gasteiger partial charge in [0.1, 0.15) is 12.2 Å². The topological polar surface area (TPSA) is 79.1 Å². The van der Waals surface area contributed by atoms with Crippen molar-refractivity contribution in [2.24, 2.45) is 0 Å². The first-order chi connectivity index (χ1) is 11.7. The second kappa shape index (κ2) is 7.32. The number of hydrogen-bond acceptors (Lipinski definition) is 6. The van der Waals surface area contributed by atoms with Gasteiger partial charge in [-0.05, 0) is 18.4 Å². The van der Waals surface area contributed by atoms with Crippen LogP contribution < -0.4 is 4.74 Å². The quantitative estimate of drug-likeness (QED) is 0.795. The average molecular weight is 340 g/mol. The molecule has 0 radical (unpaired) electrons. The molecule has 0 N–H and O–H groups in total. The van der Waals surface area contributed by atoms with Crippen molar-refractivity contribution < 1.29 is 9.53 Å². The molecule has 0 spiro atoms. The van der Waals surface area contributed by atoms with E-state index >= 15 is 0 Å². The van der Waals surface area contributed by atoms with Gasteiger partial charge in [-0.2, -0.15) is 5.26 Å². The zero-order chi connectivity index (χ0) is 16.9. The van der Waals surface area contributed by atoms with Gasteiger partial charge in [0.25, 0.3) is 11.8 Å². The number of nitriles is 1. The molecule has 1 fully saturated rings. The van der Waals surface area contributed by atoms with Crippen molar-refractivity contribution in [3.05, 3.63) is 47.9 Å². The lowest BCUT2D eigenvalue weighted by Gasteiger charge is -2.18. The molecule has 1 aliphatic rings. The smallest absolute Gasteiger partial charge is 0.255 e. The zero-order valence-electron chi connectivity index (χ0n) is 13.2. The molecule has 1 amide bonds. The van der Waals surface area contributed by atoms with Crippen molar-refractivity contribution in [3.63, 3.8) is 0 Å². The lowest BCUT2D eigenvalue weighted by Crippen LogP contribution is -2.31. The summed E-state index contributed by atoms with van der Waals surface area (Å²) < 4.78 is 5.77. The molecule has 1 unspecified atom stereocenters. The Kier molecular flexibility index (Phi) is 4.96. The maximum atomic E-state index is 12.7. The summed E-state index contributed by atoms with van der Waals surface area (Å²) in [7, 11) is 0. The van der Waals surface area contributed by atoms with Crippen LogP contribution in [-0.4, -0.2) is 46.2 Å². The van der Waals surface area contributed by atoms with Crippen molar-refractivity contribution in [3.8, 4) is 11.9 Å². The number of carbonyl (C=O) groups excluding carboxylic acids is 1. The van der Waals surface area contributed by atoms with E-state index in [0.717, 1.165) is 4.90 Å². The molecule has 1 aromatic heterocycles. The zero-order valence-corrected chi connectivity index (χ0v) is 14.0. The first-order valence-corrected chi connectivity index (χ1v) is 8.75. The van der Waals surface area contributed by atoms with E-state index in [0.29, 0.717) is 25.1 Å². The molecular formula is C17H16N4O2S. The molecule has 3 rings (SSSR count). The average Bonchev–Trinajstić information content (AvgIpc) is 3.10. The van der Waals surface area contributed by atoms with Crippen LogP contribution in [0.4, 0.5) is 0 Å². The minimum Gasteiger partial charge on any atom is -0.470 e. The van der Waals surface area contributed by atoms with Crippen molar-refractivity contribution in [2.75, 3.05) is 19.3 Å². The largest absolute Gasteiger partial charge is 0.470 e. The first-order valence-electron chi connectivity index (χ1n) is 7.53. The number of rotatable bonds is 4. The molecular weight excluding hydrogens is 324 g/mol. The van der Waals surface area contributed by atoms with Gasteiger partial charge in [-0.1, -0.05) is 12.1 Å². The highest BCUT2D eigenvalue weighted by molar-refractivity contribution is 7.98. The minimum absolute atomic E-state index is 0.00528. The van der Waals surface area contributed by atoms with Gasteiger partial charge >= 0.3 is 0 Å². The Hall–Kier alpha value is -2.59. The molecule has 1 aliphatic heterocycles. The molecule has 0 aliphatic carbocycles. The molecule has 24 heavy (non-hydrogen) atoms. The van der Waals surface area contributed by atoms with E-state index in [4.69, 9.17) is 10.00 Å². The van der Waals surface area contributed by atoms with Crippen molar-refractivity contribution in [2.45, 2.75) is 17.4 Å². The van der Waals surface area contributed by atoms with E-state index in [1.165, 1.54) is 12.4 Å². The molecule has 122 valence electrons. The second-order valence-electron chi connectivity index (χ2n) is 5.30. The number of benzene rings is 1. The number of thioether (sulfide) groups is 1. The van der Waals surface area contributed by atoms with Gasteiger partial charge in [0.15, 0.2) is 0 Å². The highest BCUT2D eigenvalue weighted by atomic mass is 32.2. The summed E-state index contributed by atoms with van der Waals surface area (Å²) in [6, 6.07) is 9.55. The third-order valence-electron chi connectivity index (χ3n) is 3.82. The fraction of sp³-hybridized carbons (Fsp3) is 0.294. The van der Waals surface area contributed by atoms with Crippen LogP contribution in [0.1, 0.15) is 22.5 Å². The summed E-state index contributed by atoms with van der Waals surface area (Å²) in [5.74, 6) is 0.231. The van der Waals surface area contributed by atoms with Crippen LogP contribution >= 0.6 is 11.8 Å². The fourth-order valence-corrected chi connectivity index (χ4v) is 3.24. The Labute approximate surface area is 144 Å². The van der Waals surface area contributed by atoms with Gasteiger partial charge in [0, 0.05) is 30.3 Å². The first kappa shape index (κ1) is 16.3. The Morgan fingerprint density at radius 1 is 1.38 bits per heavy atom. The third-order valence-corrected chi connectivity index (χ3v) is 4.61. The predicted octanol–water partition coefficient (Wildman–Crippen LogP) is 2.36. The lowest BCUT2D eigenvalue weighted by atomic mass is 10.2. The van der Waals surface area contributed by atoms with Crippen LogP contribution in [0.15, 0.2) is 41.6 Å². The molecule has 1 aromatic carbocycles. The number of carbonyl (C=O) groups is 1. The standard InChI is InChI=1S/C17H16N4O2S/c1-24-15-5-3-2-4-13(15)17(22)21-9-6-12(11-21)23-16-14(10-18)19-7-8-20-16/h2-5,7-8,12H,6,9,11H2,1H3. The molecule has 1 atom stereocenters. The van der Waals surface area contributed by atoms with Crippen molar-refractivity contribution >= 4 is 17.7 Å². The van der Waals surface area contributed by atoms with Crippen LogP contribution in [0, 0.1) is 11.3 Å². The molecule has 0 saturated carbocycles. The second-order valence-corrected chi connectivity index (χ2v) is 6.15. The van der Waals surface area contributed by atoms with Gasteiger partial charge in [0.2, 0.25) is 5.69 Å². The molecule has 1 saturated heterocycles. The number of likely N-dealkylation sites (tertiary alicyclic amines) is 1. The van der Waals surface area contributed by atoms with Crippen molar-refractivity contribution in [1.82, 2.24) is 14.9 Å². The SMILES string of the molecule is CSc1ccccc1C(=O)N1CCC(Oc2nccnc2C#N)C1. The van der Waals surface area contributed by atoms with Crippen LogP contribution in [0.25, 0.3) is 0 Å². The van der Waals surface area contributed by atoms with E-state index < -0.39 is 0 Å². The maximum absolute atomic E-state index is 12.7. The number of nitrogens with zero attached hydrogens (tertiary/aromatic N) is 4. The van der Waals surface area contributed by atoms with Gasteiger partial charge in [-0.3, -0.25) is 4.79 Å². The van der Waals surface area contributed by atoms with Crippen LogP contribution in [0.3, 0.4) is 0 Å². The van der Waals surface area contributed by atoms with Gasteiger partial charge < -0.3 is 9.64 Å². The monoisotopic (exact) mass is 340 g/mol. The summed E-state index contributed by atoms with van der Waals surface area (Å²) in [6.07, 6.45) is 5.42. The number of hydrogen-bond donors (Lipinski definition) is 0. The van der Waals surface area contributed by atoms with E-state index in [2.05, 4.69) is 9.97 Å². The maximum Gasteiger partial charge on any atom is 0.255 e. The Morgan fingerprint density at radius 3 is 2.96 bits per heavy atom. The van der Waals surface area contributed by atoms with Gasteiger partial charge in [-0.15, -0.1) is 11.8 Å². The Balaban J connectivity index is 1.69. The third kappa shape index (κ3) is 3.34. The van der Waals surface area contributed by atoms with E-state index in [1.54, 1.807) is 16.7 Å². The molecule has 7 heteroatoms. The highest BCUT2D eigenvalue weighted by Crippen LogP contribution is 2.24. The molecule has 2 aromatic rings. The summed E-state index contributed by atoms with van der Waals surface area (Å²) >= 11 is 1.56. The van der Waals surface area contributed by atoms with Crippen LogP contribution in [0.5, 0.6) is 5.88 Å². The van der Waals surface area contributed by atoms with Crippen molar-refractivity contribution in [1.29, 1.82) is 5.26 Å². The molecule has 2 heterocycles. The van der Waals surface area contributed by atoms with Gasteiger partial charge in [-0.25, -0.2) is 9.97 Å². The molecule has 6 nitrogen and oxygen atoms in total. The summed E-state index contributed by atoms with van der Waals surface area (Å²) in [4.78, 5) is 23.5. The van der Waals surface area contributed by atoms with Crippen LogP contribution in [-0.2, 0) is 0 Å². The minimum atomic E-state index is -0.181. The van der Waals surface area contributed by atoms with Gasteiger partial charge in [0.05, 0.1) is 12.1 Å². The lowest BCUT2D eigenvalue weighted by molar-refractivity contribution is 0.0767. The summed E-state index contributed by atoms with van der Waals surface area (Å²) in [5.41, 5.74) is 0.873. The normalized spacial score (nSPS) is 16.7. The fourth-order valence-electron chi connectivity index (χ4n) is 2.65. The number of aromatic nitrogens is 2. The predicted molar refractivity (Wildman–Crippen MR) is 89.9 cm³/mol. The van der Waals surface area contributed by atoms with E-state index in [9.17, 15) is 4.79 Å².